The molecule has 4 N–H and O–H groups in total. The van der Waals surface area contributed by atoms with Crippen LogP contribution in [-0.4, -0.2) is 34.3 Å². The normalized spacial score (nSPS) is 29.4. The summed E-state index contributed by atoms with van der Waals surface area (Å²) < 4.78 is 25.3. The topological polar surface area (TPSA) is 84.6 Å². The zero-order valence-corrected chi connectivity index (χ0v) is 10.4. The molecule has 6 heteroatoms. The first-order valence-corrected chi connectivity index (χ1v) is 6.63. The maximum atomic E-state index is 11.0. The summed E-state index contributed by atoms with van der Waals surface area (Å²) in [5.74, 6) is -0.174. The Labute approximate surface area is 103 Å². The molecule has 3 unspecified atom stereocenters. The maximum absolute atomic E-state index is 11.0. The quantitative estimate of drug-likeness (QED) is 0.624. The third-order valence-corrected chi connectivity index (χ3v) is 3.65. The maximum Gasteiger partial charge on any atom is 0.153 e. The predicted molar refractivity (Wildman–Crippen MR) is 66.4 cm³/mol. The van der Waals surface area contributed by atoms with Gasteiger partial charge in [0.25, 0.3) is 0 Å². The Morgan fingerprint density at radius 1 is 1.71 bits per heavy atom. The number of allylic oxidation sites excluding steroid dienone is 1. The molecule has 0 bridgehead atoms. The van der Waals surface area contributed by atoms with Crippen molar-refractivity contribution in [1.29, 1.82) is 0 Å². The molecule has 0 saturated heterocycles. The van der Waals surface area contributed by atoms with Crippen LogP contribution in [0.25, 0.3) is 0 Å². The molecule has 94 valence electrons. The first kappa shape index (κ1) is 12.3. The molecule has 1 heterocycles. The first-order chi connectivity index (χ1) is 8.13. The fourth-order valence-electron chi connectivity index (χ4n) is 2.17. The fourth-order valence-corrected chi connectivity index (χ4v) is 2.84. The van der Waals surface area contributed by atoms with Gasteiger partial charge in [0.2, 0.25) is 0 Å². The highest BCUT2D eigenvalue weighted by Gasteiger charge is 2.31. The van der Waals surface area contributed by atoms with E-state index in [0.717, 1.165) is 17.8 Å². The van der Waals surface area contributed by atoms with E-state index in [1.165, 1.54) is 0 Å². The van der Waals surface area contributed by atoms with Gasteiger partial charge in [-0.15, -0.1) is 0 Å². The van der Waals surface area contributed by atoms with Gasteiger partial charge in [-0.3, -0.25) is 0 Å². The molecular formula is C11H16N2O3S. The van der Waals surface area contributed by atoms with Gasteiger partial charge in [-0.1, -0.05) is 12.2 Å². The minimum atomic E-state index is -1.89. The summed E-state index contributed by atoms with van der Waals surface area (Å²) in [4.78, 5) is 0. The molecule has 17 heavy (non-hydrogen) atoms. The van der Waals surface area contributed by atoms with E-state index in [1.54, 1.807) is 7.11 Å². The van der Waals surface area contributed by atoms with Crippen LogP contribution in [0.4, 0.5) is 0 Å². The summed E-state index contributed by atoms with van der Waals surface area (Å²) in [5.41, 5.74) is 8.51. The molecule has 0 radical (unpaired) electrons. The second-order valence-electron chi connectivity index (χ2n) is 4.03. The molecule has 0 fully saturated rings. The monoisotopic (exact) mass is 256 g/mol. The lowest BCUT2D eigenvalue weighted by molar-refractivity contribution is 0.106. The lowest BCUT2D eigenvalue weighted by atomic mass is 9.88. The summed E-state index contributed by atoms with van der Waals surface area (Å²) in [5, 5.41) is 3.18. The number of ether oxygens (including phenoxy) is 1. The number of nitrogens with two attached hydrogens (primary N) is 1. The van der Waals surface area contributed by atoms with Crippen molar-refractivity contribution in [3.63, 3.8) is 0 Å². The highest BCUT2D eigenvalue weighted by atomic mass is 32.2. The molecule has 0 aromatic carbocycles. The van der Waals surface area contributed by atoms with Crippen molar-refractivity contribution in [2.24, 2.45) is 11.7 Å². The Kier molecular flexibility index (Phi) is 3.66. The van der Waals surface area contributed by atoms with E-state index in [4.69, 9.17) is 15.0 Å². The highest BCUT2D eigenvalue weighted by Crippen LogP contribution is 2.30. The van der Waals surface area contributed by atoms with Crippen LogP contribution in [0.3, 0.4) is 0 Å². The number of methoxy groups -OCH3 is 1. The van der Waals surface area contributed by atoms with Crippen LogP contribution in [0, 0.1) is 5.92 Å². The van der Waals surface area contributed by atoms with Crippen molar-refractivity contribution in [2.45, 2.75) is 6.10 Å². The average Bonchev–Trinajstić information content (AvgIpc) is 2.32. The van der Waals surface area contributed by atoms with Gasteiger partial charge in [-0.25, -0.2) is 4.21 Å². The third-order valence-electron chi connectivity index (χ3n) is 3.01. The molecule has 0 spiro atoms. The van der Waals surface area contributed by atoms with Crippen molar-refractivity contribution in [1.82, 2.24) is 5.32 Å². The predicted octanol–water partition coefficient (Wildman–Crippen LogP) is 0.109. The minimum absolute atomic E-state index is 0.0863. The standard InChI is InChI=1S/C11H16N2O3S/c1-16-9-5-7-3-2-4-13-11(7)10(12)8(9)6-17(14)15/h2-3,5,8-9,13H,4,6,12H2,1H3,(H,14,15). The Bertz CT molecular complexity index is 428. The SMILES string of the molecule is COC1C=C2C=CCNC2=C(N)C1CS(=O)O. The Balaban J connectivity index is 2.35. The highest BCUT2D eigenvalue weighted by molar-refractivity contribution is 7.79. The van der Waals surface area contributed by atoms with Crippen LogP contribution in [0.1, 0.15) is 0 Å². The number of hydrogen-bond donors (Lipinski definition) is 3. The molecule has 0 aromatic rings. The molecule has 3 atom stereocenters. The Morgan fingerprint density at radius 2 is 2.47 bits per heavy atom. The largest absolute Gasteiger partial charge is 0.400 e. The van der Waals surface area contributed by atoms with Gasteiger partial charge < -0.3 is 20.3 Å². The summed E-state index contributed by atoms with van der Waals surface area (Å²) in [6.45, 7) is 0.722. The summed E-state index contributed by atoms with van der Waals surface area (Å²) in [7, 11) is 1.58. The van der Waals surface area contributed by atoms with Crippen molar-refractivity contribution in [3.05, 3.63) is 35.2 Å². The summed E-state index contributed by atoms with van der Waals surface area (Å²) in [6, 6.07) is 0. The number of fused-ring (bicyclic) bond motifs is 1. The minimum Gasteiger partial charge on any atom is -0.400 e. The van der Waals surface area contributed by atoms with Crippen molar-refractivity contribution in [3.8, 4) is 0 Å². The smallest absolute Gasteiger partial charge is 0.153 e. The van der Waals surface area contributed by atoms with E-state index in [1.807, 2.05) is 18.2 Å². The molecular weight excluding hydrogens is 240 g/mol. The van der Waals surface area contributed by atoms with Crippen LogP contribution >= 0.6 is 0 Å². The zero-order chi connectivity index (χ0) is 12.4. The summed E-state index contributed by atoms with van der Waals surface area (Å²) >= 11 is -1.89. The van der Waals surface area contributed by atoms with Gasteiger partial charge in [-0.2, -0.15) is 0 Å². The molecule has 0 saturated carbocycles. The van der Waals surface area contributed by atoms with Crippen LogP contribution in [0.2, 0.25) is 0 Å². The molecule has 0 aromatic heterocycles. The van der Waals surface area contributed by atoms with E-state index in [2.05, 4.69) is 5.32 Å². The molecule has 1 aliphatic heterocycles. The van der Waals surface area contributed by atoms with Crippen molar-refractivity contribution < 1.29 is 13.5 Å². The lowest BCUT2D eigenvalue weighted by Gasteiger charge is -2.32. The third kappa shape index (κ3) is 2.43. The zero-order valence-electron chi connectivity index (χ0n) is 9.55. The van der Waals surface area contributed by atoms with Gasteiger partial charge >= 0.3 is 0 Å². The molecule has 2 rings (SSSR count). The number of hydrogen-bond acceptors (Lipinski definition) is 4. The second kappa shape index (κ2) is 5.03. The molecule has 1 aliphatic carbocycles. The van der Waals surface area contributed by atoms with E-state index >= 15 is 0 Å². The average molecular weight is 256 g/mol. The molecule has 0 amide bonds. The van der Waals surface area contributed by atoms with E-state index < -0.39 is 11.1 Å². The van der Waals surface area contributed by atoms with Gasteiger partial charge in [0.15, 0.2) is 11.1 Å². The van der Waals surface area contributed by atoms with Crippen LogP contribution < -0.4 is 11.1 Å². The van der Waals surface area contributed by atoms with Gasteiger partial charge in [0.05, 0.1) is 17.6 Å². The number of nitrogens with one attached hydrogen (secondary N) is 1. The number of rotatable bonds is 3. The lowest BCUT2D eigenvalue weighted by Crippen LogP contribution is -2.38. The second-order valence-corrected chi connectivity index (χ2v) is 5.01. The molecule has 2 aliphatic rings. The van der Waals surface area contributed by atoms with Crippen molar-refractivity contribution in [2.75, 3.05) is 19.4 Å². The van der Waals surface area contributed by atoms with Crippen LogP contribution in [0.15, 0.2) is 35.2 Å². The first-order valence-electron chi connectivity index (χ1n) is 5.36. The Morgan fingerprint density at radius 3 is 3.12 bits per heavy atom. The Hall–Kier alpha value is -1.11. The summed E-state index contributed by atoms with van der Waals surface area (Å²) in [6.07, 6.45) is 5.66. The molecule has 5 nitrogen and oxygen atoms in total. The van der Waals surface area contributed by atoms with Crippen molar-refractivity contribution >= 4 is 11.1 Å². The van der Waals surface area contributed by atoms with E-state index in [-0.39, 0.29) is 17.8 Å². The van der Waals surface area contributed by atoms with Crippen LogP contribution in [-0.2, 0) is 15.8 Å². The van der Waals surface area contributed by atoms with Gasteiger partial charge in [-0.05, 0) is 11.6 Å². The fraction of sp³-hybridized carbons (Fsp3) is 0.455. The van der Waals surface area contributed by atoms with Gasteiger partial charge in [0, 0.05) is 25.3 Å². The van der Waals surface area contributed by atoms with Crippen LogP contribution in [0.5, 0.6) is 0 Å². The van der Waals surface area contributed by atoms with Gasteiger partial charge in [0.1, 0.15) is 0 Å². The van der Waals surface area contributed by atoms with E-state index in [9.17, 15) is 4.21 Å². The van der Waals surface area contributed by atoms with E-state index in [0.29, 0.717) is 5.70 Å².